The van der Waals surface area contributed by atoms with Gasteiger partial charge in [-0.15, -0.1) is 11.3 Å². The van der Waals surface area contributed by atoms with Gasteiger partial charge >= 0.3 is 0 Å². The summed E-state index contributed by atoms with van der Waals surface area (Å²) in [5.41, 5.74) is 6.20. The lowest BCUT2D eigenvalue weighted by Crippen LogP contribution is -2.34. The highest BCUT2D eigenvalue weighted by Crippen LogP contribution is 2.32. The highest BCUT2D eigenvalue weighted by Gasteiger charge is 2.35. The molecule has 1 aromatic heterocycles. The first-order valence-electron chi connectivity index (χ1n) is 7.22. The van der Waals surface area contributed by atoms with Gasteiger partial charge in [0.05, 0.1) is 6.20 Å². The van der Waals surface area contributed by atoms with Gasteiger partial charge in [0.25, 0.3) is 5.91 Å². The predicted octanol–water partition coefficient (Wildman–Crippen LogP) is 2.76. The fourth-order valence-corrected chi connectivity index (χ4v) is 3.56. The van der Waals surface area contributed by atoms with E-state index in [9.17, 15) is 9.18 Å². The van der Waals surface area contributed by atoms with Gasteiger partial charge in [0.2, 0.25) is 0 Å². The van der Waals surface area contributed by atoms with Gasteiger partial charge in [-0.05, 0) is 30.5 Å². The standard InChI is InChI=1S/C16H18FN3OS/c1-16(9-18)6-7-20(10-16)15(21)13-8-19-14(22-13)11-4-2-3-5-12(11)17/h2-5,8H,6-7,9-10,18H2,1H3. The zero-order valence-corrected chi connectivity index (χ0v) is 13.2. The van der Waals surface area contributed by atoms with Crippen molar-refractivity contribution in [2.24, 2.45) is 11.1 Å². The number of nitrogens with zero attached hydrogens (tertiary/aromatic N) is 2. The number of nitrogens with two attached hydrogens (primary N) is 1. The van der Waals surface area contributed by atoms with Crippen LogP contribution in [0.4, 0.5) is 4.39 Å². The number of benzene rings is 1. The largest absolute Gasteiger partial charge is 0.337 e. The van der Waals surface area contributed by atoms with Gasteiger partial charge in [-0.1, -0.05) is 19.1 Å². The van der Waals surface area contributed by atoms with Crippen LogP contribution >= 0.6 is 11.3 Å². The fourth-order valence-electron chi connectivity index (χ4n) is 2.65. The molecule has 22 heavy (non-hydrogen) atoms. The summed E-state index contributed by atoms with van der Waals surface area (Å²) in [4.78, 5) is 19.1. The number of amides is 1. The molecule has 2 N–H and O–H groups in total. The van der Waals surface area contributed by atoms with Crippen LogP contribution in [-0.2, 0) is 0 Å². The normalized spacial score (nSPS) is 21.3. The first kappa shape index (κ1) is 15.1. The van der Waals surface area contributed by atoms with Gasteiger partial charge in [0.1, 0.15) is 15.7 Å². The van der Waals surface area contributed by atoms with E-state index in [2.05, 4.69) is 11.9 Å². The number of halogens is 1. The molecule has 2 heterocycles. The van der Waals surface area contributed by atoms with Gasteiger partial charge in [-0.3, -0.25) is 4.79 Å². The molecule has 1 fully saturated rings. The van der Waals surface area contributed by atoms with Gasteiger partial charge < -0.3 is 10.6 Å². The van der Waals surface area contributed by atoms with Crippen LogP contribution in [0.5, 0.6) is 0 Å². The number of rotatable bonds is 3. The van der Waals surface area contributed by atoms with Crippen LogP contribution in [-0.4, -0.2) is 35.4 Å². The molecule has 1 unspecified atom stereocenters. The van der Waals surface area contributed by atoms with E-state index >= 15 is 0 Å². The van der Waals surface area contributed by atoms with Crippen LogP contribution in [0.15, 0.2) is 30.5 Å². The molecule has 4 nitrogen and oxygen atoms in total. The molecule has 116 valence electrons. The molecule has 0 spiro atoms. The predicted molar refractivity (Wildman–Crippen MR) is 85.2 cm³/mol. The maximum atomic E-state index is 13.8. The lowest BCUT2D eigenvalue weighted by Gasteiger charge is -2.22. The number of thiazole rings is 1. The van der Waals surface area contributed by atoms with E-state index in [0.717, 1.165) is 6.42 Å². The van der Waals surface area contributed by atoms with E-state index in [0.29, 0.717) is 35.1 Å². The Kier molecular flexibility index (Phi) is 3.97. The third-order valence-corrected chi connectivity index (χ3v) is 5.18. The molecule has 1 saturated heterocycles. The van der Waals surface area contributed by atoms with Crippen LogP contribution in [0.1, 0.15) is 23.0 Å². The highest BCUT2D eigenvalue weighted by molar-refractivity contribution is 7.16. The number of hydrogen-bond donors (Lipinski definition) is 1. The molecule has 1 aliphatic rings. The van der Waals surface area contributed by atoms with Gasteiger partial charge in [-0.25, -0.2) is 9.37 Å². The molecule has 0 radical (unpaired) electrons. The Morgan fingerprint density at radius 2 is 2.27 bits per heavy atom. The van der Waals surface area contributed by atoms with Crippen molar-refractivity contribution < 1.29 is 9.18 Å². The second kappa shape index (κ2) is 5.78. The minimum Gasteiger partial charge on any atom is -0.337 e. The molecule has 0 aliphatic carbocycles. The third kappa shape index (κ3) is 2.76. The number of carbonyl (C=O) groups excluding carboxylic acids is 1. The van der Waals surface area contributed by atoms with Crippen LogP contribution in [0, 0.1) is 11.2 Å². The Morgan fingerprint density at radius 1 is 1.50 bits per heavy atom. The molecular formula is C16H18FN3OS. The number of hydrogen-bond acceptors (Lipinski definition) is 4. The van der Waals surface area contributed by atoms with Gasteiger partial charge in [0, 0.05) is 18.7 Å². The van der Waals surface area contributed by atoms with Crippen molar-refractivity contribution in [3.63, 3.8) is 0 Å². The van der Waals surface area contributed by atoms with E-state index < -0.39 is 0 Å². The first-order chi connectivity index (χ1) is 10.5. The Balaban J connectivity index is 1.80. The van der Waals surface area contributed by atoms with E-state index in [1.165, 1.54) is 23.6 Å². The number of aromatic nitrogens is 1. The van der Waals surface area contributed by atoms with Crippen LogP contribution in [0.2, 0.25) is 0 Å². The lowest BCUT2D eigenvalue weighted by atomic mass is 9.90. The molecular weight excluding hydrogens is 301 g/mol. The maximum absolute atomic E-state index is 13.8. The summed E-state index contributed by atoms with van der Waals surface area (Å²) in [6.45, 7) is 4.03. The van der Waals surface area contributed by atoms with Crippen molar-refractivity contribution in [1.29, 1.82) is 0 Å². The topological polar surface area (TPSA) is 59.2 Å². The third-order valence-electron chi connectivity index (χ3n) is 4.16. The minimum absolute atomic E-state index is 0.00524. The number of likely N-dealkylation sites (tertiary alicyclic amines) is 1. The zero-order chi connectivity index (χ0) is 15.7. The van der Waals surface area contributed by atoms with Crippen LogP contribution < -0.4 is 5.73 Å². The molecule has 6 heteroatoms. The smallest absolute Gasteiger partial charge is 0.265 e. The second-order valence-corrected chi connectivity index (χ2v) is 7.03. The molecule has 3 rings (SSSR count). The van der Waals surface area contributed by atoms with Crippen molar-refractivity contribution in [3.8, 4) is 10.6 Å². The van der Waals surface area contributed by atoms with Crippen molar-refractivity contribution in [3.05, 3.63) is 41.2 Å². The van der Waals surface area contributed by atoms with Crippen molar-refractivity contribution in [2.75, 3.05) is 19.6 Å². The summed E-state index contributed by atoms with van der Waals surface area (Å²) in [5, 5.41) is 0.530. The number of carbonyl (C=O) groups is 1. The molecule has 1 aromatic carbocycles. The first-order valence-corrected chi connectivity index (χ1v) is 8.04. The molecule has 2 aromatic rings. The summed E-state index contributed by atoms with van der Waals surface area (Å²) in [7, 11) is 0. The SMILES string of the molecule is CC1(CN)CCN(C(=O)c2cnc(-c3ccccc3F)s2)C1. The molecule has 1 atom stereocenters. The second-order valence-electron chi connectivity index (χ2n) is 6.00. The van der Waals surface area contributed by atoms with E-state index in [1.54, 1.807) is 18.2 Å². The quantitative estimate of drug-likeness (QED) is 0.946. The minimum atomic E-state index is -0.326. The summed E-state index contributed by atoms with van der Waals surface area (Å²) in [6.07, 6.45) is 2.45. The monoisotopic (exact) mass is 319 g/mol. The van der Waals surface area contributed by atoms with E-state index in [-0.39, 0.29) is 17.1 Å². The highest BCUT2D eigenvalue weighted by atomic mass is 32.1. The Morgan fingerprint density at radius 3 is 2.95 bits per heavy atom. The molecule has 0 saturated carbocycles. The molecule has 0 bridgehead atoms. The maximum Gasteiger partial charge on any atom is 0.265 e. The Bertz CT molecular complexity index is 702. The van der Waals surface area contributed by atoms with Crippen LogP contribution in [0.3, 0.4) is 0 Å². The van der Waals surface area contributed by atoms with E-state index in [1.807, 2.05) is 4.90 Å². The average molecular weight is 319 g/mol. The van der Waals surface area contributed by atoms with Crippen molar-refractivity contribution in [1.82, 2.24) is 9.88 Å². The van der Waals surface area contributed by atoms with E-state index in [4.69, 9.17) is 5.73 Å². The molecule has 1 aliphatic heterocycles. The summed E-state index contributed by atoms with van der Waals surface area (Å²) < 4.78 is 13.8. The van der Waals surface area contributed by atoms with Gasteiger partial charge in [0.15, 0.2) is 0 Å². The fraction of sp³-hybridized carbons (Fsp3) is 0.375. The van der Waals surface area contributed by atoms with Crippen molar-refractivity contribution in [2.45, 2.75) is 13.3 Å². The summed E-state index contributed by atoms with van der Waals surface area (Å²) in [6, 6.07) is 6.46. The summed E-state index contributed by atoms with van der Waals surface area (Å²) in [5.74, 6) is -0.370. The summed E-state index contributed by atoms with van der Waals surface area (Å²) >= 11 is 1.23. The van der Waals surface area contributed by atoms with Crippen LogP contribution in [0.25, 0.3) is 10.6 Å². The van der Waals surface area contributed by atoms with Crippen molar-refractivity contribution >= 4 is 17.2 Å². The Labute approximate surface area is 132 Å². The lowest BCUT2D eigenvalue weighted by molar-refractivity contribution is 0.0781. The Hall–Kier alpha value is -1.79. The average Bonchev–Trinajstić information content (AvgIpc) is 3.15. The van der Waals surface area contributed by atoms with Gasteiger partial charge in [-0.2, -0.15) is 0 Å². The molecule has 1 amide bonds. The zero-order valence-electron chi connectivity index (χ0n) is 12.4.